The lowest BCUT2D eigenvalue weighted by Gasteiger charge is -2.33. The number of halogens is 1. The molecule has 1 unspecified atom stereocenters. The summed E-state index contributed by atoms with van der Waals surface area (Å²) in [7, 11) is 0. The van der Waals surface area contributed by atoms with Crippen LogP contribution in [0.1, 0.15) is 56.7 Å². The number of hydrogen-bond donors (Lipinski definition) is 2. The summed E-state index contributed by atoms with van der Waals surface area (Å²) in [5.41, 5.74) is 4.05. The van der Waals surface area contributed by atoms with Crippen LogP contribution in [0.15, 0.2) is 42.4 Å². The first-order chi connectivity index (χ1) is 11.6. The van der Waals surface area contributed by atoms with Crippen molar-refractivity contribution in [2.24, 2.45) is 5.92 Å². The fourth-order valence-corrected chi connectivity index (χ4v) is 3.89. The molecule has 3 nitrogen and oxygen atoms in total. The van der Waals surface area contributed by atoms with Gasteiger partial charge >= 0.3 is 0 Å². The molecule has 1 heterocycles. The molecule has 24 heavy (non-hydrogen) atoms. The molecule has 4 heteroatoms. The van der Waals surface area contributed by atoms with Crippen molar-refractivity contribution in [1.29, 1.82) is 0 Å². The van der Waals surface area contributed by atoms with Crippen LogP contribution in [0.3, 0.4) is 0 Å². The van der Waals surface area contributed by atoms with Gasteiger partial charge in [-0.3, -0.25) is 0 Å². The summed E-state index contributed by atoms with van der Waals surface area (Å²) in [5, 5.41) is 10.9. The number of aliphatic hydroxyl groups excluding tert-OH is 1. The van der Waals surface area contributed by atoms with Crippen LogP contribution >= 0.6 is 0 Å². The standard InChI is InChI=1S/C20H25FN2O/c1-13(2)19(18-11-22-12-23-18)20(24)15-8-6-14(7-9-15)16-4-3-5-17(21)10-16/h3-5,10-12,14-15,20,24H,6-9H2,1-2H3,(H,22,23). The van der Waals surface area contributed by atoms with Crippen LogP contribution in [0.5, 0.6) is 0 Å². The van der Waals surface area contributed by atoms with Crippen LogP contribution in [0.2, 0.25) is 0 Å². The quantitative estimate of drug-likeness (QED) is 0.856. The summed E-state index contributed by atoms with van der Waals surface area (Å²) in [4.78, 5) is 7.19. The molecule has 0 bridgehead atoms. The SMILES string of the molecule is CC(C)=C(c1cnc[nH]1)C(O)C1CCC(c2cccc(F)c2)CC1. The van der Waals surface area contributed by atoms with E-state index in [1.54, 1.807) is 24.7 Å². The Labute approximate surface area is 142 Å². The number of imidazole rings is 1. The lowest BCUT2D eigenvalue weighted by molar-refractivity contribution is 0.127. The zero-order valence-electron chi connectivity index (χ0n) is 14.3. The van der Waals surface area contributed by atoms with Gasteiger partial charge in [-0.15, -0.1) is 0 Å². The van der Waals surface area contributed by atoms with Crippen molar-refractivity contribution >= 4 is 5.57 Å². The molecule has 1 aromatic heterocycles. The van der Waals surface area contributed by atoms with Crippen LogP contribution in [-0.2, 0) is 0 Å². The minimum atomic E-state index is -0.482. The molecule has 1 atom stereocenters. The number of aromatic nitrogens is 2. The predicted octanol–water partition coefficient (Wildman–Crippen LogP) is 4.68. The summed E-state index contributed by atoms with van der Waals surface area (Å²) >= 11 is 0. The van der Waals surface area contributed by atoms with Crippen molar-refractivity contribution < 1.29 is 9.50 Å². The van der Waals surface area contributed by atoms with Gasteiger partial charge in [-0.1, -0.05) is 17.7 Å². The number of benzene rings is 1. The van der Waals surface area contributed by atoms with Crippen LogP contribution in [0.4, 0.5) is 4.39 Å². The Morgan fingerprint density at radius 2 is 2.00 bits per heavy atom. The third kappa shape index (κ3) is 3.59. The second-order valence-corrected chi connectivity index (χ2v) is 6.99. The molecular formula is C20H25FN2O. The highest BCUT2D eigenvalue weighted by molar-refractivity contribution is 5.68. The van der Waals surface area contributed by atoms with E-state index >= 15 is 0 Å². The molecule has 0 amide bonds. The first-order valence-electron chi connectivity index (χ1n) is 8.66. The number of nitrogens with one attached hydrogen (secondary N) is 1. The molecule has 1 aromatic carbocycles. The van der Waals surface area contributed by atoms with Gasteiger partial charge in [0.25, 0.3) is 0 Å². The molecule has 1 saturated carbocycles. The predicted molar refractivity (Wildman–Crippen MR) is 94.0 cm³/mol. The number of aromatic amines is 1. The molecule has 0 radical (unpaired) electrons. The van der Waals surface area contributed by atoms with Gasteiger partial charge in [-0.2, -0.15) is 0 Å². The molecule has 2 aromatic rings. The van der Waals surface area contributed by atoms with E-state index in [-0.39, 0.29) is 11.7 Å². The summed E-state index contributed by atoms with van der Waals surface area (Å²) < 4.78 is 13.4. The topological polar surface area (TPSA) is 48.9 Å². The normalized spacial score (nSPS) is 22.2. The Morgan fingerprint density at radius 1 is 1.25 bits per heavy atom. The second kappa shape index (κ2) is 7.31. The summed E-state index contributed by atoms with van der Waals surface area (Å²) in [6.45, 7) is 4.05. The molecule has 2 N–H and O–H groups in total. The number of nitrogens with zero attached hydrogens (tertiary/aromatic N) is 1. The van der Waals surface area contributed by atoms with E-state index in [2.05, 4.69) is 9.97 Å². The lowest BCUT2D eigenvalue weighted by Crippen LogP contribution is -2.27. The second-order valence-electron chi connectivity index (χ2n) is 6.99. The minimum Gasteiger partial charge on any atom is -0.388 e. The van der Waals surface area contributed by atoms with Crippen LogP contribution in [0, 0.1) is 11.7 Å². The third-order valence-electron chi connectivity index (χ3n) is 5.16. The van der Waals surface area contributed by atoms with Crippen molar-refractivity contribution in [3.05, 3.63) is 59.4 Å². The van der Waals surface area contributed by atoms with Gasteiger partial charge in [0.05, 0.1) is 24.3 Å². The number of H-pyrrole nitrogens is 1. The maximum atomic E-state index is 13.4. The summed E-state index contributed by atoms with van der Waals surface area (Å²) in [5.74, 6) is 0.468. The Bertz CT molecular complexity index is 696. The fraction of sp³-hybridized carbons (Fsp3) is 0.450. The molecule has 1 aliphatic carbocycles. The van der Waals surface area contributed by atoms with E-state index in [0.717, 1.165) is 48.1 Å². The van der Waals surface area contributed by atoms with E-state index in [0.29, 0.717) is 5.92 Å². The van der Waals surface area contributed by atoms with E-state index < -0.39 is 6.10 Å². The first-order valence-corrected chi connectivity index (χ1v) is 8.66. The van der Waals surface area contributed by atoms with E-state index in [4.69, 9.17) is 0 Å². The smallest absolute Gasteiger partial charge is 0.123 e. The Morgan fingerprint density at radius 3 is 2.58 bits per heavy atom. The summed E-state index contributed by atoms with van der Waals surface area (Å²) in [6, 6.07) is 6.93. The Balaban J connectivity index is 1.69. The van der Waals surface area contributed by atoms with Gasteiger partial charge in [0.15, 0.2) is 0 Å². The van der Waals surface area contributed by atoms with Crippen molar-refractivity contribution in [3.8, 4) is 0 Å². The highest BCUT2D eigenvalue weighted by Crippen LogP contribution is 2.40. The third-order valence-corrected chi connectivity index (χ3v) is 5.16. The number of hydrogen-bond acceptors (Lipinski definition) is 2. The Hall–Kier alpha value is -1.94. The zero-order valence-corrected chi connectivity index (χ0v) is 14.3. The monoisotopic (exact) mass is 328 g/mol. The average Bonchev–Trinajstić information content (AvgIpc) is 3.09. The molecule has 1 fully saturated rings. The zero-order chi connectivity index (χ0) is 17.1. The molecule has 0 saturated heterocycles. The molecule has 0 aliphatic heterocycles. The highest BCUT2D eigenvalue weighted by atomic mass is 19.1. The fourth-order valence-electron chi connectivity index (χ4n) is 3.89. The van der Waals surface area contributed by atoms with E-state index in [1.807, 2.05) is 19.9 Å². The Kier molecular flexibility index (Phi) is 5.14. The van der Waals surface area contributed by atoms with E-state index in [1.165, 1.54) is 6.07 Å². The maximum absolute atomic E-state index is 13.4. The largest absolute Gasteiger partial charge is 0.388 e. The van der Waals surface area contributed by atoms with Gasteiger partial charge in [-0.25, -0.2) is 9.37 Å². The van der Waals surface area contributed by atoms with Crippen molar-refractivity contribution in [3.63, 3.8) is 0 Å². The molecule has 128 valence electrons. The van der Waals surface area contributed by atoms with Gasteiger partial charge in [0.1, 0.15) is 5.82 Å². The number of aliphatic hydroxyl groups is 1. The first kappa shape index (κ1) is 16.9. The van der Waals surface area contributed by atoms with Crippen LogP contribution < -0.4 is 0 Å². The number of rotatable bonds is 4. The molecule has 1 aliphatic rings. The van der Waals surface area contributed by atoms with E-state index in [9.17, 15) is 9.50 Å². The van der Waals surface area contributed by atoms with Crippen LogP contribution in [0.25, 0.3) is 5.57 Å². The molecular weight excluding hydrogens is 303 g/mol. The highest BCUT2D eigenvalue weighted by Gasteiger charge is 2.30. The van der Waals surface area contributed by atoms with Crippen molar-refractivity contribution in [2.75, 3.05) is 0 Å². The van der Waals surface area contributed by atoms with Crippen molar-refractivity contribution in [1.82, 2.24) is 9.97 Å². The van der Waals surface area contributed by atoms with Gasteiger partial charge in [0.2, 0.25) is 0 Å². The molecule has 3 rings (SSSR count). The van der Waals surface area contributed by atoms with Gasteiger partial charge < -0.3 is 10.1 Å². The molecule has 0 spiro atoms. The van der Waals surface area contributed by atoms with Gasteiger partial charge in [-0.05, 0) is 69.1 Å². The number of allylic oxidation sites excluding steroid dienone is 1. The summed E-state index contributed by atoms with van der Waals surface area (Å²) in [6.07, 6.45) is 6.81. The maximum Gasteiger partial charge on any atom is 0.123 e. The van der Waals surface area contributed by atoms with Crippen LogP contribution in [-0.4, -0.2) is 21.2 Å². The van der Waals surface area contributed by atoms with Gasteiger partial charge in [0, 0.05) is 5.57 Å². The van der Waals surface area contributed by atoms with Crippen molar-refractivity contribution in [2.45, 2.75) is 51.6 Å². The lowest BCUT2D eigenvalue weighted by atomic mass is 9.74. The minimum absolute atomic E-state index is 0.166. The average molecular weight is 328 g/mol.